The molecular weight excluding hydrogens is 723 g/mol. The summed E-state index contributed by atoms with van der Waals surface area (Å²) in [5.74, 6) is -0.0748. The van der Waals surface area contributed by atoms with Gasteiger partial charge >= 0.3 is 0 Å². The number of amides is 1. The number of hydrogen-bond donors (Lipinski definition) is 3. The molecule has 2 unspecified atom stereocenters. The van der Waals surface area contributed by atoms with E-state index in [-0.39, 0.29) is 12.5 Å². The first-order valence-electron chi connectivity index (χ1n) is 26.7. The molecule has 0 bridgehead atoms. The van der Waals surface area contributed by atoms with Gasteiger partial charge in [-0.2, -0.15) is 0 Å². The summed E-state index contributed by atoms with van der Waals surface area (Å²) in [7, 11) is 0. The van der Waals surface area contributed by atoms with E-state index in [2.05, 4.69) is 43.5 Å². The Bertz CT molecular complexity index is 897. The Kier molecular flexibility index (Phi) is 49.8. The predicted molar refractivity (Wildman–Crippen MR) is 262 cm³/mol. The molecule has 1 amide bonds. The zero-order valence-corrected chi connectivity index (χ0v) is 40.0. The van der Waals surface area contributed by atoms with Crippen LogP contribution >= 0.6 is 0 Å². The molecule has 0 rings (SSSR count). The summed E-state index contributed by atoms with van der Waals surface area (Å²) in [6.07, 6.45) is 68.9. The number of nitrogens with one attached hydrogen (secondary N) is 1. The number of aliphatic hydroxyl groups is 2. The normalized spacial score (nSPS) is 13.1. The van der Waals surface area contributed by atoms with E-state index in [1.807, 2.05) is 6.08 Å². The van der Waals surface area contributed by atoms with Crippen LogP contribution in [0.5, 0.6) is 0 Å². The van der Waals surface area contributed by atoms with E-state index >= 15 is 0 Å². The molecule has 0 radical (unpaired) electrons. The van der Waals surface area contributed by atoms with Crippen LogP contribution in [0.25, 0.3) is 0 Å². The molecule has 0 aromatic rings. The summed E-state index contributed by atoms with van der Waals surface area (Å²) in [6.45, 7) is 4.26. The number of unbranched alkanes of at least 4 members (excludes halogenated alkanes) is 38. The molecule has 0 saturated heterocycles. The maximum atomic E-state index is 12.4. The molecule has 0 aliphatic carbocycles. The van der Waals surface area contributed by atoms with Crippen molar-refractivity contribution >= 4 is 5.91 Å². The molecule has 4 heteroatoms. The van der Waals surface area contributed by atoms with E-state index in [0.717, 1.165) is 38.5 Å². The molecule has 0 saturated carbocycles. The summed E-state index contributed by atoms with van der Waals surface area (Å²) in [5, 5.41) is 23.0. The number of hydrogen-bond acceptors (Lipinski definition) is 3. The minimum atomic E-state index is -0.867. The second-order valence-corrected chi connectivity index (χ2v) is 18.3. The van der Waals surface area contributed by atoms with Crippen LogP contribution in [0.2, 0.25) is 0 Å². The van der Waals surface area contributed by atoms with Crippen LogP contribution in [0.4, 0.5) is 0 Å². The first-order valence-corrected chi connectivity index (χ1v) is 26.7. The van der Waals surface area contributed by atoms with Crippen molar-refractivity contribution in [3.05, 3.63) is 36.5 Å². The highest BCUT2D eigenvalue weighted by molar-refractivity contribution is 5.76. The fourth-order valence-corrected chi connectivity index (χ4v) is 8.26. The van der Waals surface area contributed by atoms with Crippen molar-refractivity contribution in [2.45, 2.75) is 302 Å². The highest BCUT2D eigenvalue weighted by atomic mass is 16.3. The smallest absolute Gasteiger partial charge is 0.220 e. The maximum Gasteiger partial charge on any atom is 0.220 e. The molecular formula is C55H105NO3. The first kappa shape index (κ1) is 57.6. The topological polar surface area (TPSA) is 69.6 Å². The largest absolute Gasteiger partial charge is 0.394 e. The van der Waals surface area contributed by atoms with E-state index in [9.17, 15) is 15.0 Å². The summed E-state index contributed by atoms with van der Waals surface area (Å²) >= 11 is 0. The molecule has 0 aromatic carbocycles. The highest BCUT2D eigenvalue weighted by Gasteiger charge is 2.18. The standard InChI is InChI=1S/C55H105NO3/c1-3-5-7-9-11-13-15-17-18-19-20-21-22-23-24-25-26-27-28-29-30-31-32-33-34-35-36-37-38-39-41-43-45-47-49-51-55(59)56-53(52-57)54(58)50-48-46-44-42-40-16-14-12-10-8-6-4-2/h10,12,40,42,48,50,53-54,57-58H,3-9,11,13-39,41,43-47,49,51-52H2,1-2H3,(H,56,59)/b12-10+,42-40+,50-48+. The van der Waals surface area contributed by atoms with Crippen molar-refractivity contribution in [2.24, 2.45) is 0 Å². The van der Waals surface area contributed by atoms with Crippen LogP contribution in [0, 0.1) is 0 Å². The van der Waals surface area contributed by atoms with Gasteiger partial charge in [0.05, 0.1) is 18.8 Å². The van der Waals surface area contributed by atoms with Crippen LogP contribution in [0.15, 0.2) is 36.5 Å². The average Bonchev–Trinajstić information content (AvgIpc) is 3.24. The molecule has 0 spiro atoms. The van der Waals surface area contributed by atoms with Gasteiger partial charge in [0.15, 0.2) is 0 Å². The van der Waals surface area contributed by atoms with Crippen LogP contribution in [0.1, 0.15) is 290 Å². The lowest BCUT2D eigenvalue weighted by Crippen LogP contribution is -2.45. The molecule has 2 atom stereocenters. The molecule has 348 valence electrons. The monoisotopic (exact) mass is 828 g/mol. The van der Waals surface area contributed by atoms with Crippen molar-refractivity contribution in [1.29, 1.82) is 0 Å². The third-order valence-corrected chi connectivity index (χ3v) is 12.4. The van der Waals surface area contributed by atoms with Gasteiger partial charge in [0, 0.05) is 6.42 Å². The van der Waals surface area contributed by atoms with Gasteiger partial charge in [-0.25, -0.2) is 0 Å². The highest BCUT2D eigenvalue weighted by Crippen LogP contribution is 2.17. The third-order valence-electron chi connectivity index (χ3n) is 12.4. The summed E-state index contributed by atoms with van der Waals surface area (Å²) in [4.78, 5) is 12.4. The van der Waals surface area contributed by atoms with Crippen LogP contribution < -0.4 is 5.32 Å². The lowest BCUT2D eigenvalue weighted by atomic mass is 10.0. The summed E-state index contributed by atoms with van der Waals surface area (Å²) < 4.78 is 0. The Balaban J connectivity index is 3.38. The van der Waals surface area contributed by atoms with Gasteiger partial charge in [-0.15, -0.1) is 0 Å². The van der Waals surface area contributed by atoms with Crippen molar-refractivity contribution in [1.82, 2.24) is 5.32 Å². The Morgan fingerprint density at radius 3 is 0.966 bits per heavy atom. The number of allylic oxidation sites excluding steroid dienone is 5. The molecule has 0 fully saturated rings. The van der Waals surface area contributed by atoms with Gasteiger partial charge < -0.3 is 15.5 Å². The van der Waals surface area contributed by atoms with E-state index in [0.29, 0.717) is 6.42 Å². The van der Waals surface area contributed by atoms with Gasteiger partial charge in [0.25, 0.3) is 0 Å². The molecule has 0 aliphatic heterocycles. The quantitative estimate of drug-likeness (QED) is 0.0423. The number of aliphatic hydroxyl groups excluding tert-OH is 2. The fourth-order valence-electron chi connectivity index (χ4n) is 8.26. The van der Waals surface area contributed by atoms with Crippen molar-refractivity contribution in [3.63, 3.8) is 0 Å². The van der Waals surface area contributed by atoms with E-state index in [1.54, 1.807) is 6.08 Å². The average molecular weight is 828 g/mol. The Labute approximate surface area is 370 Å². The number of carbonyl (C=O) groups is 1. The molecule has 3 N–H and O–H groups in total. The van der Waals surface area contributed by atoms with Gasteiger partial charge in [0.2, 0.25) is 5.91 Å². The van der Waals surface area contributed by atoms with Crippen LogP contribution in [0.3, 0.4) is 0 Å². The van der Waals surface area contributed by atoms with Crippen LogP contribution in [-0.2, 0) is 4.79 Å². The SMILES string of the molecule is CCCC/C=C/CC/C=C/CC/C=C/C(O)C(CO)NC(=O)CCCCCCCCCCCCCCCCCCCCCCCCCCCCCCCCCCCCC. The number of rotatable bonds is 49. The number of carbonyl (C=O) groups excluding carboxylic acids is 1. The minimum absolute atomic E-state index is 0.0748. The van der Waals surface area contributed by atoms with Gasteiger partial charge in [0.1, 0.15) is 0 Å². The third kappa shape index (κ3) is 47.5. The zero-order valence-electron chi connectivity index (χ0n) is 40.0. The molecule has 0 aliphatic rings. The molecule has 0 aromatic heterocycles. The lowest BCUT2D eigenvalue weighted by Gasteiger charge is -2.19. The van der Waals surface area contributed by atoms with Gasteiger partial charge in [-0.05, 0) is 38.5 Å². The predicted octanol–water partition coefficient (Wildman–Crippen LogP) is 17.3. The second kappa shape index (κ2) is 51.0. The van der Waals surface area contributed by atoms with Crippen molar-refractivity contribution in [2.75, 3.05) is 6.61 Å². The molecule has 59 heavy (non-hydrogen) atoms. The first-order chi connectivity index (χ1) is 29.2. The Hall–Kier alpha value is -1.39. The Morgan fingerprint density at radius 2 is 0.661 bits per heavy atom. The lowest BCUT2D eigenvalue weighted by molar-refractivity contribution is -0.123. The van der Waals surface area contributed by atoms with Crippen molar-refractivity contribution < 1.29 is 15.0 Å². The second-order valence-electron chi connectivity index (χ2n) is 18.3. The van der Waals surface area contributed by atoms with E-state index < -0.39 is 12.1 Å². The Morgan fingerprint density at radius 1 is 0.390 bits per heavy atom. The zero-order chi connectivity index (χ0) is 42.8. The minimum Gasteiger partial charge on any atom is -0.394 e. The van der Waals surface area contributed by atoms with Crippen molar-refractivity contribution in [3.8, 4) is 0 Å². The van der Waals surface area contributed by atoms with Gasteiger partial charge in [-0.3, -0.25) is 4.79 Å². The fraction of sp³-hybridized carbons (Fsp3) is 0.873. The van der Waals surface area contributed by atoms with Crippen LogP contribution in [-0.4, -0.2) is 34.9 Å². The maximum absolute atomic E-state index is 12.4. The molecule has 0 heterocycles. The molecule has 4 nitrogen and oxygen atoms in total. The summed E-state index contributed by atoms with van der Waals surface area (Å²) in [5.41, 5.74) is 0. The summed E-state index contributed by atoms with van der Waals surface area (Å²) in [6, 6.07) is -0.642. The van der Waals surface area contributed by atoms with E-state index in [4.69, 9.17) is 0 Å². The van der Waals surface area contributed by atoms with Gasteiger partial charge in [-0.1, -0.05) is 281 Å². The van der Waals surface area contributed by atoms with E-state index in [1.165, 1.54) is 231 Å².